The fourth-order valence-corrected chi connectivity index (χ4v) is 3.04. The molecule has 0 aromatic heterocycles. The Kier molecular flexibility index (Phi) is 6.49. The standard InChI is InChI=1S/C20H18O8/c1-27-19(25)13-9-5-3-7-11(13)15(17(21)22)16(18(23)24)12-8-4-6-10-14(12)20(26)28-2/h3-10,15-16H,1-2H3,(H,21,22)(H,23,24). The number of esters is 2. The predicted octanol–water partition coefficient (Wildman–Crippen LogP) is 2.30. The lowest BCUT2D eigenvalue weighted by atomic mass is 9.78. The summed E-state index contributed by atoms with van der Waals surface area (Å²) in [6, 6.07) is 11.4. The van der Waals surface area contributed by atoms with E-state index < -0.39 is 35.7 Å². The monoisotopic (exact) mass is 386 g/mol. The molecule has 0 saturated carbocycles. The Hall–Kier alpha value is -3.68. The van der Waals surface area contributed by atoms with E-state index in [0.717, 1.165) is 14.2 Å². The lowest BCUT2D eigenvalue weighted by molar-refractivity contribution is -0.147. The Morgan fingerprint density at radius 3 is 1.29 bits per heavy atom. The highest BCUT2D eigenvalue weighted by atomic mass is 16.5. The molecule has 2 unspecified atom stereocenters. The molecule has 2 atom stereocenters. The van der Waals surface area contributed by atoms with Crippen molar-refractivity contribution in [3.63, 3.8) is 0 Å². The van der Waals surface area contributed by atoms with Crippen LogP contribution in [0.2, 0.25) is 0 Å². The molecular formula is C20H18O8. The number of carboxylic acids is 2. The van der Waals surface area contributed by atoms with E-state index in [2.05, 4.69) is 9.47 Å². The summed E-state index contributed by atoms with van der Waals surface area (Å²) in [4.78, 5) is 48.4. The van der Waals surface area contributed by atoms with Crippen LogP contribution in [0.15, 0.2) is 48.5 Å². The number of ether oxygens (including phenoxy) is 2. The van der Waals surface area contributed by atoms with Gasteiger partial charge in [0.1, 0.15) is 0 Å². The van der Waals surface area contributed by atoms with Gasteiger partial charge in [-0.3, -0.25) is 9.59 Å². The topological polar surface area (TPSA) is 127 Å². The van der Waals surface area contributed by atoms with Gasteiger partial charge in [0, 0.05) is 0 Å². The van der Waals surface area contributed by atoms with E-state index in [0.29, 0.717) is 0 Å². The summed E-state index contributed by atoms with van der Waals surface area (Å²) >= 11 is 0. The molecule has 28 heavy (non-hydrogen) atoms. The lowest BCUT2D eigenvalue weighted by Crippen LogP contribution is -2.29. The highest BCUT2D eigenvalue weighted by molar-refractivity contribution is 5.98. The van der Waals surface area contributed by atoms with E-state index in [4.69, 9.17) is 0 Å². The van der Waals surface area contributed by atoms with Gasteiger partial charge in [0.2, 0.25) is 0 Å². The quantitative estimate of drug-likeness (QED) is 0.694. The van der Waals surface area contributed by atoms with Crippen LogP contribution >= 0.6 is 0 Å². The van der Waals surface area contributed by atoms with Gasteiger partial charge in [-0.15, -0.1) is 0 Å². The minimum atomic E-state index is -1.65. The molecule has 0 aliphatic carbocycles. The summed E-state index contributed by atoms with van der Waals surface area (Å²) in [7, 11) is 2.27. The van der Waals surface area contributed by atoms with Crippen molar-refractivity contribution in [2.24, 2.45) is 0 Å². The fourth-order valence-electron chi connectivity index (χ4n) is 3.04. The molecular weight excluding hydrogens is 368 g/mol. The van der Waals surface area contributed by atoms with Crippen LogP contribution in [0.4, 0.5) is 0 Å². The first-order valence-electron chi connectivity index (χ1n) is 8.13. The Balaban J connectivity index is 2.74. The van der Waals surface area contributed by atoms with E-state index in [-0.39, 0.29) is 22.3 Å². The summed E-state index contributed by atoms with van der Waals surface area (Å²) in [6.07, 6.45) is 0. The first-order valence-corrected chi connectivity index (χ1v) is 8.13. The van der Waals surface area contributed by atoms with E-state index in [1.165, 1.54) is 48.5 Å². The van der Waals surface area contributed by atoms with E-state index in [9.17, 15) is 29.4 Å². The average molecular weight is 386 g/mol. The van der Waals surface area contributed by atoms with Crippen molar-refractivity contribution in [2.75, 3.05) is 14.2 Å². The van der Waals surface area contributed by atoms with Gasteiger partial charge in [0.15, 0.2) is 0 Å². The highest BCUT2D eigenvalue weighted by Crippen LogP contribution is 2.37. The number of hydrogen-bond donors (Lipinski definition) is 2. The zero-order valence-corrected chi connectivity index (χ0v) is 15.1. The Bertz CT molecular complexity index is 842. The second kappa shape index (κ2) is 8.81. The minimum Gasteiger partial charge on any atom is -0.481 e. The number of hydrogen-bond acceptors (Lipinski definition) is 6. The van der Waals surface area contributed by atoms with Crippen molar-refractivity contribution in [3.8, 4) is 0 Å². The van der Waals surface area contributed by atoms with E-state index in [1.54, 1.807) is 0 Å². The van der Waals surface area contributed by atoms with Crippen LogP contribution < -0.4 is 0 Å². The third-order valence-corrected chi connectivity index (χ3v) is 4.27. The first kappa shape index (κ1) is 20.6. The lowest BCUT2D eigenvalue weighted by Gasteiger charge is -2.24. The highest BCUT2D eigenvalue weighted by Gasteiger charge is 2.40. The predicted molar refractivity (Wildman–Crippen MR) is 96.3 cm³/mol. The molecule has 0 heterocycles. The maximum atomic E-state index is 12.1. The molecule has 146 valence electrons. The van der Waals surface area contributed by atoms with Gasteiger partial charge in [-0.1, -0.05) is 36.4 Å². The van der Waals surface area contributed by atoms with Gasteiger partial charge >= 0.3 is 23.9 Å². The molecule has 8 heteroatoms. The molecule has 0 saturated heterocycles. The van der Waals surface area contributed by atoms with Crippen LogP contribution in [0.25, 0.3) is 0 Å². The van der Waals surface area contributed by atoms with Crippen LogP contribution in [0.3, 0.4) is 0 Å². The van der Waals surface area contributed by atoms with Crippen molar-refractivity contribution in [1.82, 2.24) is 0 Å². The number of carbonyl (C=O) groups excluding carboxylic acids is 2. The number of carboxylic acid groups (broad SMARTS) is 2. The SMILES string of the molecule is COC(=O)c1ccccc1C(C(=O)O)C(C(=O)O)c1ccccc1C(=O)OC. The second-order valence-electron chi connectivity index (χ2n) is 5.79. The normalized spacial score (nSPS) is 12.5. The summed E-state index contributed by atoms with van der Waals surface area (Å²) in [6.45, 7) is 0. The average Bonchev–Trinajstić information content (AvgIpc) is 2.70. The third-order valence-electron chi connectivity index (χ3n) is 4.27. The Morgan fingerprint density at radius 1 is 0.679 bits per heavy atom. The zero-order valence-electron chi connectivity index (χ0n) is 15.1. The molecule has 0 amide bonds. The summed E-state index contributed by atoms with van der Waals surface area (Å²) in [5.74, 6) is -7.84. The maximum absolute atomic E-state index is 12.1. The molecule has 0 fully saturated rings. The van der Waals surface area contributed by atoms with Crippen molar-refractivity contribution in [3.05, 3.63) is 70.8 Å². The van der Waals surface area contributed by atoms with Gasteiger partial charge in [-0.05, 0) is 23.3 Å². The Morgan fingerprint density at radius 2 is 1.00 bits per heavy atom. The van der Waals surface area contributed by atoms with Crippen LogP contribution in [-0.2, 0) is 19.1 Å². The number of aliphatic carboxylic acids is 2. The van der Waals surface area contributed by atoms with Crippen molar-refractivity contribution in [1.29, 1.82) is 0 Å². The van der Waals surface area contributed by atoms with Gasteiger partial charge in [0.05, 0.1) is 37.2 Å². The number of rotatable bonds is 7. The van der Waals surface area contributed by atoms with Gasteiger partial charge in [-0.25, -0.2) is 9.59 Å². The smallest absolute Gasteiger partial charge is 0.338 e. The Labute approximate surface area is 160 Å². The fraction of sp³-hybridized carbons (Fsp3) is 0.200. The first-order chi connectivity index (χ1) is 13.3. The molecule has 2 N–H and O–H groups in total. The number of methoxy groups -OCH3 is 2. The molecule has 0 spiro atoms. The summed E-state index contributed by atoms with van der Waals surface area (Å²) in [5, 5.41) is 19.7. The number of benzene rings is 2. The molecule has 2 rings (SSSR count). The van der Waals surface area contributed by atoms with Gasteiger partial charge in [0.25, 0.3) is 0 Å². The molecule has 2 aromatic carbocycles. The van der Waals surface area contributed by atoms with E-state index in [1.807, 2.05) is 0 Å². The van der Waals surface area contributed by atoms with Gasteiger partial charge < -0.3 is 19.7 Å². The van der Waals surface area contributed by atoms with Gasteiger partial charge in [-0.2, -0.15) is 0 Å². The van der Waals surface area contributed by atoms with Crippen molar-refractivity contribution < 1.29 is 38.9 Å². The number of carbonyl (C=O) groups is 4. The van der Waals surface area contributed by atoms with Crippen molar-refractivity contribution in [2.45, 2.75) is 11.8 Å². The second-order valence-corrected chi connectivity index (χ2v) is 5.79. The third kappa shape index (κ3) is 4.01. The van der Waals surface area contributed by atoms with Crippen LogP contribution in [-0.4, -0.2) is 48.3 Å². The molecule has 2 aromatic rings. The van der Waals surface area contributed by atoms with Crippen LogP contribution in [0, 0.1) is 0 Å². The van der Waals surface area contributed by atoms with Crippen LogP contribution in [0.5, 0.6) is 0 Å². The van der Waals surface area contributed by atoms with Crippen LogP contribution in [0.1, 0.15) is 43.7 Å². The molecule has 0 aliphatic heterocycles. The van der Waals surface area contributed by atoms with Crippen molar-refractivity contribution >= 4 is 23.9 Å². The minimum absolute atomic E-state index is 0.0334. The summed E-state index contributed by atoms with van der Waals surface area (Å²) in [5.41, 5.74) is -0.207. The maximum Gasteiger partial charge on any atom is 0.338 e. The molecule has 0 bridgehead atoms. The zero-order chi connectivity index (χ0) is 20.8. The molecule has 8 nitrogen and oxygen atoms in total. The largest absolute Gasteiger partial charge is 0.481 e. The molecule has 0 radical (unpaired) electrons. The molecule has 0 aliphatic rings. The summed E-state index contributed by atoms with van der Waals surface area (Å²) < 4.78 is 9.36. The van der Waals surface area contributed by atoms with E-state index >= 15 is 0 Å².